The van der Waals surface area contributed by atoms with Gasteiger partial charge >= 0.3 is 0 Å². The summed E-state index contributed by atoms with van der Waals surface area (Å²) in [5.41, 5.74) is 1.62. The minimum Gasteiger partial charge on any atom is -0.497 e. The number of hydrogen-bond donors (Lipinski definition) is 1. The summed E-state index contributed by atoms with van der Waals surface area (Å²) in [7, 11) is 1.54. The third-order valence-electron chi connectivity index (χ3n) is 3.65. The number of rotatable bonds is 6. The maximum absolute atomic E-state index is 14.2. The second kappa shape index (κ2) is 6.12. The Morgan fingerprint density at radius 2 is 2.24 bits per heavy atom. The Morgan fingerprint density at radius 1 is 1.43 bits per heavy atom. The number of hydrogen-bond acceptors (Lipinski definition) is 4. The molecule has 0 spiro atoms. The molecule has 3 rings (SSSR count). The summed E-state index contributed by atoms with van der Waals surface area (Å²) >= 11 is 1.58. The third kappa shape index (κ3) is 3.24. The van der Waals surface area contributed by atoms with Gasteiger partial charge in [0.15, 0.2) is 0 Å². The van der Waals surface area contributed by atoms with Crippen LogP contribution in [0.4, 0.5) is 4.39 Å². The molecule has 0 aliphatic heterocycles. The van der Waals surface area contributed by atoms with Crippen molar-refractivity contribution in [2.75, 3.05) is 7.11 Å². The van der Waals surface area contributed by atoms with Gasteiger partial charge in [-0.15, -0.1) is 11.3 Å². The molecule has 1 aromatic heterocycles. The second-order valence-electron chi connectivity index (χ2n) is 5.24. The van der Waals surface area contributed by atoms with Crippen LogP contribution in [0, 0.1) is 5.82 Å². The van der Waals surface area contributed by atoms with Crippen LogP contribution in [0.25, 0.3) is 10.6 Å². The molecule has 0 unspecified atom stereocenters. The Hall–Kier alpha value is -1.46. The van der Waals surface area contributed by atoms with Crippen molar-refractivity contribution in [3.05, 3.63) is 34.6 Å². The fraction of sp³-hybridized carbons (Fsp3) is 0.438. The Morgan fingerprint density at radius 3 is 2.86 bits per heavy atom. The standard InChI is InChI=1S/C16H19FN2OS/c1-3-14-15(9-18-10-4-5-10)21-16(19-14)12-7-6-11(20-2)8-13(12)17/h6-8,10,18H,3-5,9H2,1-2H3. The zero-order valence-electron chi connectivity index (χ0n) is 12.3. The first kappa shape index (κ1) is 14.5. The van der Waals surface area contributed by atoms with Crippen molar-refractivity contribution in [1.29, 1.82) is 0 Å². The summed E-state index contributed by atoms with van der Waals surface area (Å²) in [4.78, 5) is 5.83. The minimum atomic E-state index is -0.285. The van der Waals surface area contributed by atoms with Crippen molar-refractivity contribution in [3.8, 4) is 16.3 Å². The van der Waals surface area contributed by atoms with E-state index in [9.17, 15) is 4.39 Å². The molecule has 5 heteroatoms. The normalized spacial score (nSPS) is 14.4. The number of methoxy groups -OCH3 is 1. The molecule has 1 N–H and O–H groups in total. The Kier molecular flexibility index (Phi) is 4.22. The summed E-state index contributed by atoms with van der Waals surface area (Å²) in [6.07, 6.45) is 3.40. The van der Waals surface area contributed by atoms with E-state index in [0.717, 1.165) is 23.7 Å². The lowest BCUT2D eigenvalue weighted by Gasteiger charge is -2.02. The van der Waals surface area contributed by atoms with E-state index in [0.29, 0.717) is 17.4 Å². The summed E-state index contributed by atoms with van der Waals surface area (Å²) in [5, 5.41) is 4.25. The number of nitrogens with zero attached hydrogens (tertiary/aromatic N) is 1. The Bertz CT molecular complexity index is 637. The summed E-state index contributed by atoms with van der Waals surface area (Å²) in [6, 6.07) is 5.58. The van der Waals surface area contributed by atoms with Crippen molar-refractivity contribution in [2.45, 2.75) is 38.8 Å². The van der Waals surface area contributed by atoms with Gasteiger partial charge in [0.05, 0.1) is 12.8 Å². The van der Waals surface area contributed by atoms with Gasteiger partial charge in [0, 0.05) is 29.1 Å². The number of ether oxygens (including phenoxy) is 1. The van der Waals surface area contributed by atoms with Gasteiger partial charge in [-0.25, -0.2) is 9.37 Å². The Balaban J connectivity index is 1.87. The highest BCUT2D eigenvalue weighted by Crippen LogP contribution is 2.32. The van der Waals surface area contributed by atoms with Gasteiger partial charge in [-0.2, -0.15) is 0 Å². The predicted octanol–water partition coefficient (Wildman–Crippen LogP) is 3.77. The largest absolute Gasteiger partial charge is 0.497 e. The van der Waals surface area contributed by atoms with Crippen molar-refractivity contribution >= 4 is 11.3 Å². The zero-order valence-corrected chi connectivity index (χ0v) is 13.1. The van der Waals surface area contributed by atoms with Crippen LogP contribution in [0.2, 0.25) is 0 Å². The van der Waals surface area contributed by atoms with Crippen LogP contribution >= 0.6 is 11.3 Å². The number of halogens is 1. The fourth-order valence-electron chi connectivity index (χ4n) is 2.23. The minimum absolute atomic E-state index is 0.285. The van der Waals surface area contributed by atoms with Gasteiger partial charge in [0.2, 0.25) is 0 Å². The molecule has 3 nitrogen and oxygen atoms in total. The topological polar surface area (TPSA) is 34.1 Å². The highest BCUT2D eigenvalue weighted by molar-refractivity contribution is 7.15. The van der Waals surface area contributed by atoms with E-state index in [1.807, 2.05) is 0 Å². The molecule has 1 aliphatic rings. The van der Waals surface area contributed by atoms with Crippen molar-refractivity contribution < 1.29 is 9.13 Å². The van der Waals surface area contributed by atoms with Gasteiger partial charge in [0.25, 0.3) is 0 Å². The lowest BCUT2D eigenvalue weighted by Crippen LogP contribution is -2.15. The van der Waals surface area contributed by atoms with E-state index in [4.69, 9.17) is 4.74 Å². The number of benzene rings is 1. The van der Waals surface area contributed by atoms with Crippen LogP contribution in [-0.4, -0.2) is 18.1 Å². The molecule has 21 heavy (non-hydrogen) atoms. The highest BCUT2D eigenvalue weighted by Gasteiger charge is 2.22. The molecular formula is C16H19FN2OS. The lowest BCUT2D eigenvalue weighted by atomic mass is 10.2. The molecular weight excluding hydrogens is 287 g/mol. The van der Waals surface area contributed by atoms with Crippen molar-refractivity contribution in [2.24, 2.45) is 0 Å². The fourth-order valence-corrected chi connectivity index (χ4v) is 3.36. The first-order chi connectivity index (χ1) is 10.2. The Labute approximate surface area is 128 Å². The summed E-state index contributed by atoms with van der Waals surface area (Å²) in [5.74, 6) is 0.242. The van der Waals surface area contributed by atoms with E-state index >= 15 is 0 Å². The molecule has 0 saturated heterocycles. The van der Waals surface area contributed by atoms with E-state index in [1.54, 1.807) is 23.5 Å². The van der Waals surface area contributed by atoms with Gasteiger partial charge in [-0.1, -0.05) is 6.92 Å². The molecule has 0 radical (unpaired) electrons. The number of aryl methyl sites for hydroxylation is 1. The van der Waals surface area contributed by atoms with Crippen LogP contribution < -0.4 is 10.1 Å². The first-order valence-corrected chi connectivity index (χ1v) is 8.08. The smallest absolute Gasteiger partial charge is 0.137 e. The molecule has 0 bridgehead atoms. The van der Waals surface area contributed by atoms with Crippen LogP contribution in [-0.2, 0) is 13.0 Å². The van der Waals surface area contributed by atoms with E-state index < -0.39 is 0 Å². The highest BCUT2D eigenvalue weighted by atomic mass is 32.1. The van der Waals surface area contributed by atoms with Gasteiger partial charge in [0.1, 0.15) is 16.6 Å². The molecule has 1 heterocycles. The maximum atomic E-state index is 14.2. The molecule has 112 valence electrons. The van der Waals surface area contributed by atoms with E-state index in [1.165, 1.54) is 30.9 Å². The average molecular weight is 306 g/mol. The monoisotopic (exact) mass is 306 g/mol. The molecule has 0 atom stereocenters. The quantitative estimate of drug-likeness (QED) is 0.882. The molecule has 1 aromatic carbocycles. The zero-order chi connectivity index (χ0) is 14.8. The maximum Gasteiger partial charge on any atom is 0.137 e. The van der Waals surface area contributed by atoms with Crippen LogP contribution in [0.15, 0.2) is 18.2 Å². The second-order valence-corrected chi connectivity index (χ2v) is 6.33. The molecule has 1 fully saturated rings. The van der Waals surface area contributed by atoms with E-state index in [-0.39, 0.29) is 5.82 Å². The lowest BCUT2D eigenvalue weighted by molar-refractivity contribution is 0.411. The molecule has 0 amide bonds. The number of thiazole rings is 1. The van der Waals surface area contributed by atoms with Crippen molar-refractivity contribution in [1.82, 2.24) is 10.3 Å². The van der Waals surface area contributed by atoms with Crippen LogP contribution in [0.5, 0.6) is 5.75 Å². The third-order valence-corrected chi connectivity index (χ3v) is 4.78. The summed E-state index contributed by atoms with van der Waals surface area (Å²) < 4.78 is 19.2. The van der Waals surface area contributed by atoms with Crippen LogP contribution in [0.3, 0.4) is 0 Å². The first-order valence-electron chi connectivity index (χ1n) is 7.27. The SMILES string of the molecule is CCc1nc(-c2ccc(OC)cc2F)sc1CNC1CC1. The van der Waals surface area contributed by atoms with Gasteiger partial charge in [-0.3, -0.25) is 0 Å². The van der Waals surface area contributed by atoms with Crippen LogP contribution in [0.1, 0.15) is 30.3 Å². The summed E-state index contributed by atoms with van der Waals surface area (Å²) in [6.45, 7) is 2.92. The number of aromatic nitrogens is 1. The average Bonchev–Trinajstić information content (AvgIpc) is 3.24. The van der Waals surface area contributed by atoms with Gasteiger partial charge < -0.3 is 10.1 Å². The molecule has 2 aromatic rings. The number of nitrogens with one attached hydrogen (secondary N) is 1. The van der Waals surface area contributed by atoms with Crippen molar-refractivity contribution in [3.63, 3.8) is 0 Å². The predicted molar refractivity (Wildman–Crippen MR) is 83.3 cm³/mol. The molecule has 1 saturated carbocycles. The van der Waals surface area contributed by atoms with Gasteiger partial charge in [-0.05, 0) is 31.4 Å². The van der Waals surface area contributed by atoms with E-state index in [2.05, 4.69) is 17.2 Å². The molecule has 1 aliphatic carbocycles.